The summed E-state index contributed by atoms with van der Waals surface area (Å²) >= 11 is 5.98. The van der Waals surface area contributed by atoms with Gasteiger partial charge in [-0.15, -0.1) is 12.4 Å². The Hall–Kier alpha value is -0.970. The zero-order valence-corrected chi connectivity index (χ0v) is 11.5. The topological polar surface area (TPSA) is 62.5 Å². The molecule has 1 heterocycles. The first-order valence-corrected chi connectivity index (χ1v) is 5.85. The Labute approximate surface area is 117 Å². The summed E-state index contributed by atoms with van der Waals surface area (Å²) in [4.78, 5) is 0. The van der Waals surface area contributed by atoms with Gasteiger partial charge < -0.3 is 14.6 Å². The third-order valence-electron chi connectivity index (χ3n) is 2.62. The molecule has 0 radical (unpaired) electrons. The summed E-state index contributed by atoms with van der Waals surface area (Å²) in [5, 5.41) is 18.1. The van der Waals surface area contributed by atoms with E-state index in [4.69, 9.17) is 26.5 Å². The molecule has 0 saturated heterocycles. The van der Waals surface area contributed by atoms with E-state index in [-0.39, 0.29) is 18.3 Å². The van der Waals surface area contributed by atoms with Crippen molar-refractivity contribution in [2.24, 2.45) is 0 Å². The number of nitrogens with one attached hydrogen (secondary N) is 1. The molecular formula is C12H15Cl2NO3. The average Bonchev–Trinajstić information content (AvgIpc) is 2.75. The van der Waals surface area contributed by atoms with Crippen LogP contribution >= 0.6 is 24.0 Å². The van der Waals surface area contributed by atoms with Crippen LogP contribution in [0.1, 0.15) is 24.2 Å². The van der Waals surface area contributed by atoms with Gasteiger partial charge in [0.05, 0.1) is 13.2 Å². The Morgan fingerprint density at radius 1 is 1.61 bits per heavy atom. The van der Waals surface area contributed by atoms with Gasteiger partial charge in [0.2, 0.25) is 5.90 Å². The SMILES string of the molecule is CCOC(=N)C(O)c1cc(Cl)cc2c1OCC2.Cl. The second kappa shape index (κ2) is 6.27. The second-order valence-electron chi connectivity index (χ2n) is 3.78. The lowest BCUT2D eigenvalue weighted by Crippen LogP contribution is -2.15. The fourth-order valence-electron chi connectivity index (χ4n) is 1.88. The third kappa shape index (κ3) is 2.88. The predicted octanol–water partition coefficient (Wildman–Crippen LogP) is 2.74. The molecule has 0 spiro atoms. The number of halogens is 2. The Morgan fingerprint density at radius 3 is 3.00 bits per heavy atom. The molecule has 1 aliphatic rings. The molecule has 4 nitrogen and oxygen atoms in total. The van der Waals surface area contributed by atoms with Gasteiger partial charge in [0.1, 0.15) is 5.75 Å². The van der Waals surface area contributed by atoms with E-state index < -0.39 is 6.10 Å². The number of hydrogen-bond donors (Lipinski definition) is 2. The number of ether oxygens (including phenoxy) is 2. The maximum atomic E-state index is 10.0. The smallest absolute Gasteiger partial charge is 0.215 e. The van der Waals surface area contributed by atoms with Gasteiger partial charge in [-0.05, 0) is 24.6 Å². The molecule has 1 aliphatic heterocycles. The Balaban J connectivity index is 0.00000162. The highest BCUT2D eigenvalue weighted by atomic mass is 35.5. The van der Waals surface area contributed by atoms with Crippen molar-refractivity contribution < 1.29 is 14.6 Å². The van der Waals surface area contributed by atoms with E-state index in [9.17, 15) is 5.11 Å². The number of aliphatic hydroxyl groups is 1. The second-order valence-corrected chi connectivity index (χ2v) is 4.22. The van der Waals surface area contributed by atoms with Gasteiger partial charge in [0.25, 0.3) is 0 Å². The molecule has 6 heteroatoms. The largest absolute Gasteiger partial charge is 0.493 e. The quantitative estimate of drug-likeness (QED) is 0.665. The maximum absolute atomic E-state index is 10.0. The molecule has 1 aromatic carbocycles. The summed E-state index contributed by atoms with van der Waals surface area (Å²) < 4.78 is 10.5. The molecule has 0 amide bonds. The van der Waals surface area contributed by atoms with E-state index in [0.717, 1.165) is 12.0 Å². The molecule has 0 fully saturated rings. The van der Waals surface area contributed by atoms with E-state index >= 15 is 0 Å². The van der Waals surface area contributed by atoms with Gasteiger partial charge in [-0.1, -0.05) is 11.6 Å². The minimum Gasteiger partial charge on any atom is -0.493 e. The van der Waals surface area contributed by atoms with Crippen LogP contribution in [0, 0.1) is 5.41 Å². The van der Waals surface area contributed by atoms with Crippen molar-refractivity contribution in [2.75, 3.05) is 13.2 Å². The highest BCUT2D eigenvalue weighted by Gasteiger charge is 2.25. The summed E-state index contributed by atoms with van der Waals surface area (Å²) in [6.45, 7) is 2.69. The molecule has 1 aromatic rings. The first-order chi connectivity index (χ1) is 8.13. The van der Waals surface area contributed by atoms with E-state index in [1.54, 1.807) is 13.0 Å². The van der Waals surface area contributed by atoms with Crippen molar-refractivity contribution in [2.45, 2.75) is 19.4 Å². The van der Waals surface area contributed by atoms with E-state index in [1.807, 2.05) is 6.07 Å². The van der Waals surface area contributed by atoms with E-state index in [0.29, 0.717) is 29.5 Å². The Bertz CT molecular complexity index is 451. The van der Waals surface area contributed by atoms with Crippen LogP contribution in [0.4, 0.5) is 0 Å². The monoisotopic (exact) mass is 291 g/mol. The highest BCUT2D eigenvalue weighted by Crippen LogP contribution is 2.36. The minimum atomic E-state index is -1.12. The summed E-state index contributed by atoms with van der Waals surface area (Å²) in [5.74, 6) is 0.443. The Kier molecular flexibility index (Phi) is 5.26. The van der Waals surface area contributed by atoms with Crippen LogP contribution in [0.25, 0.3) is 0 Å². The number of hydrogen-bond acceptors (Lipinski definition) is 4. The predicted molar refractivity (Wildman–Crippen MR) is 72.2 cm³/mol. The van der Waals surface area contributed by atoms with Gasteiger partial charge >= 0.3 is 0 Å². The van der Waals surface area contributed by atoms with Crippen LogP contribution in [0.2, 0.25) is 5.02 Å². The molecule has 1 atom stereocenters. The third-order valence-corrected chi connectivity index (χ3v) is 2.84. The molecule has 0 aliphatic carbocycles. The molecular weight excluding hydrogens is 277 g/mol. The standard InChI is InChI=1S/C12H14ClNO3.ClH/c1-2-16-12(14)10(15)9-6-8(13)5-7-3-4-17-11(7)9;/h5-6,10,14-15H,2-4H2,1H3;1H. The van der Waals surface area contributed by atoms with Crippen molar-refractivity contribution in [1.82, 2.24) is 0 Å². The zero-order chi connectivity index (χ0) is 12.4. The molecule has 100 valence electrons. The van der Waals surface area contributed by atoms with Crippen molar-refractivity contribution in [3.05, 3.63) is 28.3 Å². The van der Waals surface area contributed by atoms with Gasteiger partial charge in [-0.25, -0.2) is 0 Å². The van der Waals surface area contributed by atoms with E-state index in [2.05, 4.69) is 0 Å². The van der Waals surface area contributed by atoms with Crippen molar-refractivity contribution in [3.63, 3.8) is 0 Å². The summed E-state index contributed by atoms with van der Waals surface area (Å²) in [6, 6.07) is 3.44. The van der Waals surface area contributed by atoms with Crippen LogP contribution in [-0.4, -0.2) is 24.2 Å². The van der Waals surface area contributed by atoms with E-state index in [1.165, 1.54) is 0 Å². The van der Waals surface area contributed by atoms with Gasteiger partial charge in [0, 0.05) is 17.0 Å². The average molecular weight is 292 g/mol. The van der Waals surface area contributed by atoms with Gasteiger partial charge in [-0.2, -0.15) is 0 Å². The molecule has 18 heavy (non-hydrogen) atoms. The molecule has 1 unspecified atom stereocenters. The molecule has 0 aromatic heterocycles. The first kappa shape index (κ1) is 15.1. The van der Waals surface area contributed by atoms with Crippen LogP contribution in [0.15, 0.2) is 12.1 Å². The number of fused-ring (bicyclic) bond motifs is 1. The van der Waals surface area contributed by atoms with Crippen LogP contribution < -0.4 is 4.74 Å². The Morgan fingerprint density at radius 2 is 2.33 bits per heavy atom. The highest BCUT2D eigenvalue weighted by molar-refractivity contribution is 6.30. The lowest BCUT2D eigenvalue weighted by atomic mass is 10.0. The van der Waals surface area contributed by atoms with Crippen molar-refractivity contribution in [1.29, 1.82) is 5.41 Å². The number of aliphatic hydroxyl groups excluding tert-OH is 1. The van der Waals surface area contributed by atoms with Crippen LogP contribution in [0.3, 0.4) is 0 Å². The maximum Gasteiger partial charge on any atom is 0.215 e. The lowest BCUT2D eigenvalue weighted by Gasteiger charge is -2.16. The summed E-state index contributed by atoms with van der Waals surface area (Å²) in [5.41, 5.74) is 1.47. The van der Waals surface area contributed by atoms with Crippen LogP contribution in [-0.2, 0) is 11.2 Å². The van der Waals surface area contributed by atoms with Gasteiger partial charge in [0.15, 0.2) is 6.10 Å². The van der Waals surface area contributed by atoms with Crippen molar-refractivity contribution in [3.8, 4) is 5.75 Å². The first-order valence-electron chi connectivity index (χ1n) is 5.48. The molecule has 2 N–H and O–H groups in total. The summed E-state index contributed by atoms with van der Waals surface area (Å²) in [6.07, 6.45) is -0.349. The number of rotatable bonds is 3. The van der Waals surface area contributed by atoms with Crippen molar-refractivity contribution >= 4 is 29.9 Å². The zero-order valence-electron chi connectivity index (χ0n) is 9.90. The molecule has 0 bridgehead atoms. The fourth-order valence-corrected chi connectivity index (χ4v) is 2.13. The summed E-state index contributed by atoms with van der Waals surface area (Å²) in [7, 11) is 0. The lowest BCUT2D eigenvalue weighted by molar-refractivity contribution is 0.186. The normalized spacial score (nSPS) is 14.2. The molecule has 0 saturated carbocycles. The number of benzene rings is 1. The molecule has 2 rings (SSSR count). The minimum absolute atomic E-state index is 0. The van der Waals surface area contributed by atoms with Crippen LogP contribution in [0.5, 0.6) is 5.75 Å². The van der Waals surface area contributed by atoms with Gasteiger partial charge in [-0.3, -0.25) is 5.41 Å². The fraction of sp³-hybridized carbons (Fsp3) is 0.417.